The normalized spacial score (nSPS) is 12.7. The lowest BCUT2D eigenvalue weighted by molar-refractivity contribution is 0.537. The molecule has 0 saturated carbocycles. The number of thiophene rings is 1. The number of rotatable bonds is 5. The van der Waals surface area contributed by atoms with Crippen molar-refractivity contribution in [2.45, 2.75) is 26.3 Å². The third-order valence-corrected chi connectivity index (χ3v) is 4.71. The zero-order valence-electron chi connectivity index (χ0n) is 12.5. The van der Waals surface area contributed by atoms with Crippen molar-refractivity contribution in [1.29, 1.82) is 0 Å². The van der Waals surface area contributed by atoms with Crippen molar-refractivity contribution in [3.8, 4) is 0 Å². The first-order valence-corrected chi connectivity index (χ1v) is 8.28. The van der Waals surface area contributed by atoms with E-state index < -0.39 is 0 Å². The van der Waals surface area contributed by atoms with Crippen LogP contribution < -0.4 is 5.32 Å². The summed E-state index contributed by atoms with van der Waals surface area (Å²) in [5.41, 5.74) is 3.61. The van der Waals surface area contributed by atoms with Crippen LogP contribution in [0.4, 0.5) is 0 Å². The Hall–Kier alpha value is -1.71. The van der Waals surface area contributed by atoms with Crippen molar-refractivity contribution in [3.05, 3.63) is 64.8 Å². The van der Waals surface area contributed by atoms with Gasteiger partial charge in [0.2, 0.25) is 0 Å². The SMILES string of the molecule is CCNC(Cc1csc2ccccc12)c1cccc(C)n1. The van der Waals surface area contributed by atoms with E-state index in [0.29, 0.717) is 0 Å². The summed E-state index contributed by atoms with van der Waals surface area (Å²) in [6.45, 7) is 5.14. The number of aromatic nitrogens is 1. The van der Waals surface area contributed by atoms with Crippen LogP contribution >= 0.6 is 11.3 Å². The van der Waals surface area contributed by atoms with Crippen molar-refractivity contribution in [2.24, 2.45) is 0 Å². The van der Waals surface area contributed by atoms with Gasteiger partial charge in [0, 0.05) is 10.4 Å². The van der Waals surface area contributed by atoms with E-state index in [2.05, 4.69) is 54.0 Å². The molecule has 0 radical (unpaired) electrons. The predicted octanol–water partition coefficient (Wildman–Crippen LogP) is 4.50. The van der Waals surface area contributed by atoms with Crippen molar-refractivity contribution in [2.75, 3.05) is 6.54 Å². The van der Waals surface area contributed by atoms with Gasteiger partial charge in [-0.25, -0.2) is 0 Å². The second-order valence-corrected chi connectivity index (χ2v) is 6.19. The van der Waals surface area contributed by atoms with Crippen LogP contribution in [0.15, 0.2) is 47.8 Å². The van der Waals surface area contributed by atoms with Gasteiger partial charge in [0.15, 0.2) is 0 Å². The molecular weight excluding hydrogens is 276 g/mol. The molecule has 1 unspecified atom stereocenters. The van der Waals surface area contributed by atoms with Crippen LogP contribution in [0.25, 0.3) is 10.1 Å². The summed E-state index contributed by atoms with van der Waals surface area (Å²) in [5.74, 6) is 0. The first-order chi connectivity index (χ1) is 10.3. The highest BCUT2D eigenvalue weighted by atomic mass is 32.1. The summed E-state index contributed by atoms with van der Waals surface area (Å²) in [7, 11) is 0. The number of hydrogen-bond acceptors (Lipinski definition) is 3. The van der Waals surface area contributed by atoms with Crippen LogP contribution in [-0.2, 0) is 6.42 Å². The van der Waals surface area contributed by atoms with Gasteiger partial charge in [-0.1, -0.05) is 31.2 Å². The zero-order valence-corrected chi connectivity index (χ0v) is 13.3. The van der Waals surface area contributed by atoms with Gasteiger partial charge in [-0.2, -0.15) is 0 Å². The number of aryl methyl sites for hydroxylation is 1. The molecule has 2 heterocycles. The number of nitrogens with zero attached hydrogens (tertiary/aromatic N) is 1. The Labute approximate surface area is 129 Å². The largest absolute Gasteiger partial charge is 0.309 e. The Balaban J connectivity index is 1.92. The van der Waals surface area contributed by atoms with E-state index in [9.17, 15) is 0 Å². The zero-order chi connectivity index (χ0) is 14.7. The standard InChI is InChI=1S/C18H20N2S/c1-3-19-17(16-9-6-7-13(2)20-16)11-14-12-21-18-10-5-4-8-15(14)18/h4-10,12,17,19H,3,11H2,1-2H3. The van der Waals surface area contributed by atoms with Gasteiger partial charge in [-0.15, -0.1) is 11.3 Å². The average molecular weight is 296 g/mol. The number of nitrogens with one attached hydrogen (secondary N) is 1. The molecule has 1 N–H and O–H groups in total. The molecule has 3 rings (SSSR count). The van der Waals surface area contributed by atoms with E-state index in [1.54, 1.807) is 0 Å². The van der Waals surface area contributed by atoms with Crippen molar-refractivity contribution < 1.29 is 0 Å². The molecule has 0 aliphatic heterocycles. The van der Waals surface area contributed by atoms with Crippen molar-refractivity contribution >= 4 is 21.4 Å². The molecule has 0 amide bonds. The number of likely N-dealkylation sites (N-methyl/N-ethyl adjacent to an activating group) is 1. The molecule has 2 aromatic heterocycles. The van der Waals surface area contributed by atoms with E-state index in [-0.39, 0.29) is 6.04 Å². The fourth-order valence-electron chi connectivity index (χ4n) is 2.70. The molecule has 108 valence electrons. The maximum absolute atomic E-state index is 4.69. The van der Waals surface area contributed by atoms with Crippen LogP contribution in [0, 0.1) is 6.92 Å². The average Bonchev–Trinajstić information content (AvgIpc) is 2.90. The molecule has 0 bridgehead atoms. The third-order valence-electron chi connectivity index (χ3n) is 3.70. The fraction of sp³-hybridized carbons (Fsp3) is 0.278. The van der Waals surface area contributed by atoms with Gasteiger partial charge in [-0.3, -0.25) is 4.98 Å². The molecule has 2 nitrogen and oxygen atoms in total. The minimum absolute atomic E-state index is 0.271. The van der Waals surface area contributed by atoms with Crippen LogP contribution in [0.2, 0.25) is 0 Å². The molecule has 0 aliphatic rings. The van der Waals surface area contributed by atoms with E-state index in [0.717, 1.165) is 24.4 Å². The Kier molecular flexibility index (Phi) is 4.32. The molecule has 1 aromatic carbocycles. The Morgan fingerprint density at radius 2 is 2.00 bits per heavy atom. The maximum atomic E-state index is 4.69. The molecule has 21 heavy (non-hydrogen) atoms. The van der Waals surface area contributed by atoms with Crippen molar-refractivity contribution in [3.63, 3.8) is 0 Å². The molecule has 1 atom stereocenters. The number of fused-ring (bicyclic) bond motifs is 1. The quantitative estimate of drug-likeness (QED) is 0.750. The Morgan fingerprint density at radius 1 is 1.14 bits per heavy atom. The highest BCUT2D eigenvalue weighted by molar-refractivity contribution is 7.17. The Morgan fingerprint density at radius 3 is 2.81 bits per heavy atom. The lowest BCUT2D eigenvalue weighted by Crippen LogP contribution is -2.24. The first-order valence-electron chi connectivity index (χ1n) is 7.40. The number of hydrogen-bond donors (Lipinski definition) is 1. The highest BCUT2D eigenvalue weighted by Gasteiger charge is 2.15. The van der Waals surface area contributed by atoms with Gasteiger partial charge in [0.25, 0.3) is 0 Å². The molecule has 0 fully saturated rings. The minimum atomic E-state index is 0.271. The molecule has 0 aliphatic carbocycles. The molecule has 3 heteroatoms. The smallest absolute Gasteiger partial charge is 0.0579 e. The second kappa shape index (κ2) is 6.37. The Bertz CT molecular complexity index is 733. The number of pyridine rings is 1. The number of benzene rings is 1. The van der Waals surface area contributed by atoms with Crippen LogP contribution in [-0.4, -0.2) is 11.5 Å². The molecule has 0 saturated heterocycles. The highest BCUT2D eigenvalue weighted by Crippen LogP contribution is 2.29. The summed E-state index contributed by atoms with van der Waals surface area (Å²) in [6.07, 6.45) is 0.980. The van der Waals surface area contributed by atoms with E-state index in [4.69, 9.17) is 4.98 Å². The van der Waals surface area contributed by atoms with Gasteiger partial charge >= 0.3 is 0 Å². The third kappa shape index (κ3) is 3.14. The lowest BCUT2D eigenvalue weighted by Gasteiger charge is -2.17. The van der Waals surface area contributed by atoms with Gasteiger partial charge < -0.3 is 5.32 Å². The lowest BCUT2D eigenvalue weighted by atomic mass is 10.0. The van der Waals surface area contributed by atoms with Gasteiger partial charge in [0.1, 0.15) is 0 Å². The summed E-state index contributed by atoms with van der Waals surface area (Å²) in [5, 5.41) is 7.23. The summed E-state index contributed by atoms with van der Waals surface area (Å²) >= 11 is 1.82. The molecule has 0 spiro atoms. The molecular formula is C18H20N2S. The van der Waals surface area contributed by atoms with E-state index in [1.807, 2.05) is 24.3 Å². The summed E-state index contributed by atoms with van der Waals surface area (Å²) < 4.78 is 1.36. The van der Waals surface area contributed by atoms with Crippen molar-refractivity contribution in [1.82, 2.24) is 10.3 Å². The minimum Gasteiger partial charge on any atom is -0.309 e. The monoisotopic (exact) mass is 296 g/mol. The van der Waals surface area contributed by atoms with E-state index >= 15 is 0 Å². The summed E-state index contributed by atoms with van der Waals surface area (Å²) in [6, 6.07) is 15.2. The van der Waals surface area contributed by atoms with Crippen LogP contribution in [0.1, 0.15) is 29.9 Å². The van der Waals surface area contributed by atoms with Crippen LogP contribution in [0.5, 0.6) is 0 Å². The topological polar surface area (TPSA) is 24.9 Å². The van der Waals surface area contributed by atoms with Gasteiger partial charge in [-0.05, 0) is 54.4 Å². The predicted molar refractivity (Wildman–Crippen MR) is 90.9 cm³/mol. The second-order valence-electron chi connectivity index (χ2n) is 5.28. The maximum Gasteiger partial charge on any atom is 0.0579 e. The van der Waals surface area contributed by atoms with Gasteiger partial charge in [0.05, 0.1) is 11.7 Å². The first kappa shape index (κ1) is 14.2. The van der Waals surface area contributed by atoms with E-state index in [1.165, 1.54) is 15.6 Å². The summed E-state index contributed by atoms with van der Waals surface area (Å²) in [4.78, 5) is 4.69. The molecule has 3 aromatic rings. The van der Waals surface area contributed by atoms with Crippen LogP contribution in [0.3, 0.4) is 0 Å². The fourth-order valence-corrected chi connectivity index (χ4v) is 3.67.